The topological polar surface area (TPSA) is 15.3 Å². The Morgan fingerprint density at radius 3 is 2.35 bits per heavy atom. The molecule has 1 fully saturated rings. The Labute approximate surface area is 127 Å². The van der Waals surface area contributed by atoms with Crippen molar-refractivity contribution >= 4 is 0 Å². The van der Waals surface area contributed by atoms with Crippen molar-refractivity contribution < 1.29 is 0 Å². The summed E-state index contributed by atoms with van der Waals surface area (Å²) in [6, 6.07) is 1.33. The highest BCUT2D eigenvalue weighted by Gasteiger charge is 2.39. The van der Waals surface area contributed by atoms with Crippen LogP contribution in [-0.4, -0.2) is 36.6 Å². The van der Waals surface area contributed by atoms with E-state index in [9.17, 15) is 0 Å². The average molecular weight is 283 g/mol. The number of rotatable bonds is 7. The van der Waals surface area contributed by atoms with Gasteiger partial charge in [-0.15, -0.1) is 0 Å². The minimum Gasteiger partial charge on any atom is -0.313 e. The Morgan fingerprint density at radius 1 is 1.20 bits per heavy atom. The summed E-state index contributed by atoms with van der Waals surface area (Å²) in [6.45, 7) is 20.1. The minimum atomic E-state index is 0.444. The van der Waals surface area contributed by atoms with E-state index in [0.717, 1.165) is 18.4 Å². The van der Waals surface area contributed by atoms with Crippen molar-refractivity contribution in [2.45, 2.75) is 79.8 Å². The molecule has 0 amide bonds. The molecule has 0 heterocycles. The molecular weight excluding hydrogens is 244 g/mol. The van der Waals surface area contributed by atoms with Crippen LogP contribution in [0.2, 0.25) is 0 Å². The second kappa shape index (κ2) is 7.79. The molecule has 1 saturated carbocycles. The van der Waals surface area contributed by atoms with E-state index in [-0.39, 0.29) is 0 Å². The molecular formula is C18H38N2. The summed E-state index contributed by atoms with van der Waals surface area (Å²) in [7, 11) is 0. The molecule has 1 aliphatic carbocycles. The van der Waals surface area contributed by atoms with E-state index in [0.29, 0.717) is 17.5 Å². The van der Waals surface area contributed by atoms with Crippen LogP contribution in [-0.2, 0) is 0 Å². The van der Waals surface area contributed by atoms with Crippen LogP contribution in [0.3, 0.4) is 0 Å². The fourth-order valence-corrected chi connectivity index (χ4v) is 3.91. The SMILES string of the molecule is CCNC1C(CN(CC(C)C)C(C)C)CCCC1(C)C. The lowest BCUT2D eigenvalue weighted by molar-refractivity contribution is 0.0658. The normalized spacial score (nSPS) is 26.7. The third kappa shape index (κ3) is 5.04. The Bertz CT molecular complexity index is 271. The van der Waals surface area contributed by atoms with Gasteiger partial charge in [-0.05, 0) is 50.5 Å². The lowest BCUT2D eigenvalue weighted by atomic mass is 9.67. The molecule has 2 heteroatoms. The molecule has 120 valence electrons. The van der Waals surface area contributed by atoms with E-state index in [1.807, 2.05) is 0 Å². The van der Waals surface area contributed by atoms with Crippen molar-refractivity contribution in [2.24, 2.45) is 17.3 Å². The zero-order chi connectivity index (χ0) is 15.3. The fraction of sp³-hybridized carbons (Fsp3) is 1.00. The summed E-state index contributed by atoms with van der Waals surface area (Å²) in [4.78, 5) is 2.70. The highest BCUT2D eigenvalue weighted by molar-refractivity contribution is 4.94. The quantitative estimate of drug-likeness (QED) is 0.754. The molecule has 0 aromatic carbocycles. The van der Waals surface area contributed by atoms with E-state index >= 15 is 0 Å². The lowest BCUT2D eigenvalue weighted by Gasteiger charge is -2.46. The number of nitrogens with one attached hydrogen (secondary N) is 1. The van der Waals surface area contributed by atoms with E-state index in [4.69, 9.17) is 0 Å². The maximum atomic E-state index is 3.80. The minimum absolute atomic E-state index is 0.444. The van der Waals surface area contributed by atoms with Gasteiger partial charge >= 0.3 is 0 Å². The highest BCUT2D eigenvalue weighted by Crippen LogP contribution is 2.39. The average Bonchev–Trinajstić information content (AvgIpc) is 2.31. The van der Waals surface area contributed by atoms with E-state index in [2.05, 4.69) is 58.7 Å². The van der Waals surface area contributed by atoms with Crippen molar-refractivity contribution in [3.05, 3.63) is 0 Å². The molecule has 20 heavy (non-hydrogen) atoms. The van der Waals surface area contributed by atoms with Gasteiger partial charge in [0.1, 0.15) is 0 Å². The lowest BCUT2D eigenvalue weighted by Crippen LogP contribution is -2.53. The van der Waals surface area contributed by atoms with E-state index in [1.54, 1.807) is 0 Å². The third-order valence-corrected chi connectivity index (χ3v) is 4.93. The van der Waals surface area contributed by atoms with Crippen molar-refractivity contribution in [2.75, 3.05) is 19.6 Å². The first kappa shape index (κ1) is 18.0. The van der Waals surface area contributed by atoms with Crippen LogP contribution in [0.4, 0.5) is 0 Å². The van der Waals surface area contributed by atoms with Gasteiger partial charge in [-0.3, -0.25) is 0 Å². The van der Waals surface area contributed by atoms with Gasteiger partial charge in [-0.1, -0.05) is 41.0 Å². The fourth-order valence-electron chi connectivity index (χ4n) is 3.91. The standard InChI is InChI=1S/C18H38N2/c1-8-19-17-16(10-9-11-18(17,6)7)13-20(15(4)5)12-14(2)3/h14-17,19H,8-13H2,1-7H3. The summed E-state index contributed by atoms with van der Waals surface area (Å²) in [5, 5.41) is 3.80. The largest absolute Gasteiger partial charge is 0.313 e. The van der Waals surface area contributed by atoms with Crippen molar-refractivity contribution in [1.82, 2.24) is 10.2 Å². The third-order valence-electron chi connectivity index (χ3n) is 4.93. The van der Waals surface area contributed by atoms with Crippen molar-refractivity contribution in [1.29, 1.82) is 0 Å². The van der Waals surface area contributed by atoms with Crippen LogP contribution in [0.25, 0.3) is 0 Å². The van der Waals surface area contributed by atoms with Crippen molar-refractivity contribution in [3.8, 4) is 0 Å². The Balaban J connectivity index is 2.74. The van der Waals surface area contributed by atoms with Crippen LogP contribution in [0.1, 0.15) is 67.7 Å². The van der Waals surface area contributed by atoms with Gasteiger partial charge in [0.05, 0.1) is 0 Å². The first-order chi connectivity index (χ1) is 9.27. The van der Waals surface area contributed by atoms with Crippen molar-refractivity contribution in [3.63, 3.8) is 0 Å². The van der Waals surface area contributed by atoms with Crippen LogP contribution in [0.5, 0.6) is 0 Å². The molecule has 0 bridgehead atoms. The molecule has 2 atom stereocenters. The molecule has 2 nitrogen and oxygen atoms in total. The molecule has 0 spiro atoms. The monoisotopic (exact) mass is 282 g/mol. The summed E-state index contributed by atoms with van der Waals surface area (Å²) in [5.41, 5.74) is 0.444. The maximum absolute atomic E-state index is 3.80. The molecule has 0 aromatic rings. The van der Waals surface area contributed by atoms with Gasteiger partial charge in [-0.2, -0.15) is 0 Å². The van der Waals surface area contributed by atoms with Crippen LogP contribution < -0.4 is 5.32 Å². The number of nitrogens with zero attached hydrogens (tertiary/aromatic N) is 1. The summed E-state index contributed by atoms with van der Waals surface area (Å²) in [5.74, 6) is 1.56. The second-order valence-corrected chi connectivity index (χ2v) is 8.12. The zero-order valence-electron chi connectivity index (χ0n) is 15.0. The molecule has 2 unspecified atom stereocenters. The summed E-state index contributed by atoms with van der Waals surface area (Å²) < 4.78 is 0. The number of hydrogen-bond acceptors (Lipinski definition) is 2. The van der Waals surface area contributed by atoms with Gasteiger partial charge in [0.2, 0.25) is 0 Å². The number of hydrogen-bond donors (Lipinski definition) is 1. The molecule has 1 rings (SSSR count). The van der Waals surface area contributed by atoms with Crippen LogP contribution in [0.15, 0.2) is 0 Å². The predicted octanol–water partition coefficient (Wildman–Crippen LogP) is 4.16. The molecule has 0 aliphatic heterocycles. The predicted molar refractivity (Wildman–Crippen MR) is 90.1 cm³/mol. The first-order valence-corrected chi connectivity index (χ1v) is 8.75. The van der Waals surface area contributed by atoms with E-state index in [1.165, 1.54) is 32.4 Å². The maximum Gasteiger partial charge on any atom is 0.0159 e. The molecule has 0 aromatic heterocycles. The molecule has 0 saturated heterocycles. The second-order valence-electron chi connectivity index (χ2n) is 8.12. The molecule has 1 aliphatic rings. The molecule has 0 radical (unpaired) electrons. The Morgan fingerprint density at radius 2 is 1.85 bits per heavy atom. The Kier molecular flexibility index (Phi) is 7.00. The van der Waals surface area contributed by atoms with Gasteiger partial charge in [0.15, 0.2) is 0 Å². The summed E-state index contributed by atoms with van der Waals surface area (Å²) >= 11 is 0. The smallest absolute Gasteiger partial charge is 0.0159 e. The zero-order valence-corrected chi connectivity index (χ0v) is 15.0. The van der Waals surface area contributed by atoms with Gasteiger partial charge in [0, 0.05) is 25.2 Å². The Hall–Kier alpha value is -0.0800. The molecule has 1 N–H and O–H groups in total. The van der Waals surface area contributed by atoms with Gasteiger partial charge in [-0.25, -0.2) is 0 Å². The van der Waals surface area contributed by atoms with E-state index < -0.39 is 0 Å². The summed E-state index contributed by atoms with van der Waals surface area (Å²) in [6.07, 6.45) is 4.16. The first-order valence-electron chi connectivity index (χ1n) is 8.75. The van der Waals surface area contributed by atoms with Crippen LogP contribution in [0, 0.1) is 17.3 Å². The van der Waals surface area contributed by atoms with Gasteiger partial charge in [0.25, 0.3) is 0 Å². The highest BCUT2D eigenvalue weighted by atomic mass is 15.2. The van der Waals surface area contributed by atoms with Crippen LogP contribution >= 0.6 is 0 Å². The van der Waals surface area contributed by atoms with Gasteiger partial charge < -0.3 is 10.2 Å².